The van der Waals surface area contributed by atoms with Gasteiger partial charge in [0.15, 0.2) is 0 Å². The van der Waals surface area contributed by atoms with Crippen LogP contribution in [-0.4, -0.2) is 11.8 Å². The standard InChI is InChI=1S/C10H11ClN2O2/c1-2-9(14)12-13-10(15)7-5-3-4-6-8(7)11/h3-6H,2H2,1H3,(H,12,14)(H,13,15). The molecular formula is C10H11ClN2O2. The van der Waals surface area contributed by atoms with Gasteiger partial charge in [-0.25, -0.2) is 0 Å². The maximum Gasteiger partial charge on any atom is 0.271 e. The molecule has 1 aromatic carbocycles. The van der Waals surface area contributed by atoms with Crippen LogP contribution in [0.15, 0.2) is 24.3 Å². The van der Waals surface area contributed by atoms with Crippen molar-refractivity contribution in [3.05, 3.63) is 34.9 Å². The molecule has 0 heterocycles. The summed E-state index contributed by atoms with van der Waals surface area (Å²) in [6.45, 7) is 1.69. The van der Waals surface area contributed by atoms with Crippen LogP contribution >= 0.6 is 11.6 Å². The van der Waals surface area contributed by atoms with Crippen molar-refractivity contribution in [2.45, 2.75) is 13.3 Å². The van der Waals surface area contributed by atoms with Crippen molar-refractivity contribution in [2.24, 2.45) is 0 Å². The van der Waals surface area contributed by atoms with E-state index in [9.17, 15) is 9.59 Å². The number of hydrazine groups is 1. The Hall–Kier alpha value is -1.55. The van der Waals surface area contributed by atoms with Gasteiger partial charge in [0.2, 0.25) is 5.91 Å². The summed E-state index contributed by atoms with van der Waals surface area (Å²) >= 11 is 5.79. The summed E-state index contributed by atoms with van der Waals surface area (Å²) in [5, 5.41) is 0.348. The second-order valence-corrected chi connectivity index (χ2v) is 3.24. The largest absolute Gasteiger partial charge is 0.273 e. The maximum atomic E-state index is 11.5. The zero-order chi connectivity index (χ0) is 11.3. The molecule has 1 aromatic rings. The van der Waals surface area contributed by atoms with Crippen molar-refractivity contribution in [3.63, 3.8) is 0 Å². The van der Waals surface area contributed by atoms with Crippen molar-refractivity contribution in [3.8, 4) is 0 Å². The van der Waals surface area contributed by atoms with Gasteiger partial charge in [-0.3, -0.25) is 20.4 Å². The molecule has 0 aliphatic carbocycles. The van der Waals surface area contributed by atoms with E-state index in [1.54, 1.807) is 31.2 Å². The Morgan fingerprint density at radius 2 is 1.93 bits per heavy atom. The lowest BCUT2D eigenvalue weighted by Crippen LogP contribution is -2.41. The zero-order valence-electron chi connectivity index (χ0n) is 8.21. The van der Waals surface area contributed by atoms with Crippen LogP contribution in [-0.2, 0) is 4.79 Å². The van der Waals surface area contributed by atoms with Gasteiger partial charge < -0.3 is 0 Å². The van der Waals surface area contributed by atoms with Crippen LogP contribution in [0.5, 0.6) is 0 Å². The van der Waals surface area contributed by atoms with Gasteiger partial charge in [-0.1, -0.05) is 30.7 Å². The van der Waals surface area contributed by atoms with E-state index < -0.39 is 5.91 Å². The molecule has 15 heavy (non-hydrogen) atoms. The van der Waals surface area contributed by atoms with Crippen LogP contribution in [0.2, 0.25) is 5.02 Å². The van der Waals surface area contributed by atoms with E-state index >= 15 is 0 Å². The summed E-state index contributed by atoms with van der Waals surface area (Å²) in [5.74, 6) is -0.683. The highest BCUT2D eigenvalue weighted by Gasteiger charge is 2.09. The highest BCUT2D eigenvalue weighted by molar-refractivity contribution is 6.33. The SMILES string of the molecule is CCC(=O)NNC(=O)c1ccccc1Cl. The molecule has 0 spiro atoms. The molecule has 1 rings (SSSR count). The lowest BCUT2D eigenvalue weighted by Gasteiger charge is -2.06. The summed E-state index contributed by atoms with van der Waals surface area (Å²) in [6.07, 6.45) is 0.308. The van der Waals surface area contributed by atoms with Gasteiger partial charge in [-0.15, -0.1) is 0 Å². The molecule has 0 aliphatic heterocycles. The van der Waals surface area contributed by atoms with Crippen molar-refractivity contribution in [1.82, 2.24) is 10.9 Å². The van der Waals surface area contributed by atoms with E-state index in [1.165, 1.54) is 0 Å². The Kier molecular flexibility index (Phi) is 4.12. The van der Waals surface area contributed by atoms with Crippen molar-refractivity contribution < 1.29 is 9.59 Å². The predicted octanol–water partition coefficient (Wildman–Crippen LogP) is 1.51. The minimum Gasteiger partial charge on any atom is -0.273 e. The molecule has 2 N–H and O–H groups in total. The van der Waals surface area contributed by atoms with E-state index in [0.717, 1.165) is 0 Å². The molecule has 0 aliphatic rings. The maximum absolute atomic E-state index is 11.5. The van der Waals surface area contributed by atoms with E-state index in [0.29, 0.717) is 17.0 Å². The summed E-state index contributed by atoms with van der Waals surface area (Å²) in [6, 6.07) is 6.61. The second-order valence-electron chi connectivity index (χ2n) is 2.84. The molecule has 0 unspecified atom stereocenters. The minimum absolute atomic E-state index is 0.254. The van der Waals surface area contributed by atoms with E-state index in [-0.39, 0.29) is 5.91 Å². The molecule has 4 nitrogen and oxygen atoms in total. The first-order valence-corrected chi connectivity index (χ1v) is 4.86. The Bertz CT molecular complexity index is 379. The smallest absolute Gasteiger partial charge is 0.271 e. The van der Waals surface area contributed by atoms with Gasteiger partial charge in [0, 0.05) is 6.42 Å². The molecule has 0 atom stereocenters. The Labute approximate surface area is 92.6 Å². The van der Waals surface area contributed by atoms with Gasteiger partial charge in [-0.2, -0.15) is 0 Å². The third-order valence-electron chi connectivity index (χ3n) is 1.76. The average molecular weight is 227 g/mol. The minimum atomic E-state index is -0.428. The number of amides is 2. The normalized spacial score (nSPS) is 9.47. The van der Waals surface area contributed by atoms with Crippen LogP contribution in [0.1, 0.15) is 23.7 Å². The van der Waals surface area contributed by atoms with Gasteiger partial charge in [0.25, 0.3) is 5.91 Å². The highest BCUT2D eigenvalue weighted by Crippen LogP contribution is 2.13. The third kappa shape index (κ3) is 3.25. The molecule has 0 radical (unpaired) electrons. The second kappa shape index (κ2) is 5.36. The van der Waals surface area contributed by atoms with Gasteiger partial charge in [0.05, 0.1) is 10.6 Å². The number of nitrogens with one attached hydrogen (secondary N) is 2. The summed E-state index contributed by atoms with van der Waals surface area (Å²) in [5.41, 5.74) is 4.86. The molecule has 0 fully saturated rings. The van der Waals surface area contributed by atoms with E-state index in [1.807, 2.05) is 0 Å². The third-order valence-corrected chi connectivity index (χ3v) is 2.08. The topological polar surface area (TPSA) is 58.2 Å². The van der Waals surface area contributed by atoms with Crippen molar-refractivity contribution in [2.75, 3.05) is 0 Å². The highest BCUT2D eigenvalue weighted by atomic mass is 35.5. The quantitative estimate of drug-likeness (QED) is 0.751. The number of halogens is 1. The first-order valence-electron chi connectivity index (χ1n) is 4.49. The van der Waals surface area contributed by atoms with Crippen molar-refractivity contribution in [1.29, 1.82) is 0 Å². The first kappa shape index (κ1) is 11.5. The Morgan fingerprint density at radius 3 is 2.53 bits per heavy atom. The molecule has 2 amide bonds. The summed E-state index contributed by atoms with van der Waals surface area (Å²) in [4.78, 5) is 22.3. The fraction of sp³-hybridized carbons (Fsp3) is 0.200. The van der Waals surface area contributed by atoms with Crippen LogP contribution in [0, 0.1) is 0 Å². The number of carbonyl (C=O) groups excluding carboxylic acids is 2. The molecule has 0 saturated carbocycles. The average Bonchev–Trinajstić information content (AvgIpc) is 2.26. The Morgan fingerprint density at radius 1 is 1.27 bits per heavy atom. The number of hydrogen-bond acceptors (Lipinski definition) is 2. The fourth-order valence-electron chi connectivity index (χ4n) is 0.928. The number of hydrogen-bond donors (Lipinski definition) is 2. The van der Waals surface area contributed by atoms with Gasteiger partial charge in [-0.05, 0) is 12.1 Å². The number of benzene rings is 1. The Balaban J connectivity index is 2.62. The van der Waals surface area contributed by atoms with Crippen molar-refractivity contribution >= 4 is 23.4 Å². The van der Waals surface area contributed by atoms with Crippen LogP contribution in [0.4, 0.5) is 0 Å². The van der Waals surface area contributed by atoms with Gasteiger partial charge in [0.1, 0.15) is 0 Å². The number of carbonyl (C=O) groups is 2. The van der Waals surface area contributed by atoms with E-state index in [2.05, 4.69) is 10.9 Å². The summed E-state index contributed by atoms with van der Waals surface area (Å²) in [7, 11) is 0. The van der Waals surface area contributed by atoms with Gasteiger partial charge >= 0.3 is 0 Å². The lowest BCUT2D eigenvalue weighted by atomic mass is 10.2. The van der Waals surface area contributed by atoms with Crippen LogP contribution < -0.4 is 10.9 Å². The molecule has 0 saturated heterocycles. The zero-order valence-corrected chi connectivity index (χ0v) is 8.97. The molecule has 0 aromatic heterocycles. The number of rotatable bonds is 2. The fourth-order valence-corrected chi connectivity index (χ4v) is 1.15. The van der Waals surface area contributed by atoms with E-state index in [4.69, 9.17) is 11.6 Å². The monoisotopic (exact) mass is 226 g/mol. The molecule has 80 valence electrons. The van der Waals surface area contributed by atoms with Crippen LogP contribution in [0.3, 0.4) is 0 Å². The molecule has 5 heteroatoms. The predicted molar refractivity (Wildman–Crippen MR) is 57.4 cm³/mol. The first-order chi connectivity index (χ1) is 7.15. The lowest BCUT2D eigenvalue weighted by molar-refractivity contribution is -0.121. The molecule has 0 bridgehead atoms. The van der Waals surface area contributed by atoms with Crippen LogP contribution in [0.25, 0.3) is 0 Å². The molecular weight excluding hydrogens is 216 g/mol. The summed E-state index contributed by atoms with van der Waals surface area (Å²) < 4.78 is 0.